The molecule has 0 atom stereocenters. The van der Waals surface area contributed by atoms with E-state index in [2.05, 4.69) is 58.4 Å². The van der Waals surface area contributed by atoms with Gasteiger partial charge in [-0.1, -0.05) is 59.8 Å². The summed E-state index contributed by atoms with van der Waals surface area (Å²) in [5.41, 5.74) is 0.741. The molecular formula is C19H42N2. The summed E-state index contributed by atoms with van der Waals surface area (Å²) in [4.78, 5) is 6.25. The molecule has 0 rings (SSSR count). The highest BCUT2D eigenvalue weighted by Gasteiger charge is 2.12. The van der Waals surface area contributed by atoms with Crippen molar-refractivity contribution in [3.63, 3.8) is 0 Å². The Hall–Kier alpha value is -0.530. The van der Waals surface area contributed by atoms with Crippen molar-refractivity contribution in [1.82, 2.24) is 4.90 Å². The lowest BCUT2D eigenvalue weighted by Crippen LogP contribution is -2.36. The smallest absolute Gasteiger partial charge is 0.0851 e. The molecule has 0 aromatic carbocycles. The molecule has 128 valence electrons. The zero-order valence-corrected chi connectivity index (χ0v) is 16.4. The molecule has 0 spiro atoms. The number of aliphatic imine (C=N–C) groups is 1. The van der Waals surface area contributed by atoms with Gasteiger partial charge in [0, 0.05) is 19.1 Å². The van der Waals surface area contributed by atoms with Crippen LogP contribution in [0.5, 0.6) is 0 Å². The highest BCUT2D eigenvalue weighted by Crippen LogP contribution is 2.22. The Morgan fingerprint density at radius 1 is 0.857 bits per heavy atom. The van der Waals surface area contributed by atoms with Crippen molar-refractivity contribution >= 4 is 6.34 Å². The van der Waals surface area contributed by atoms with E-state index in [-0.39, 0.29) is 5.54 Å². The minimum Gasteiger partial charge on any atom is -0.361 e. The van der Waals surface area contributed by atoms with Crippen LogP contribution in [0.4, 0.5) is 0 Å². The lowest BCUT2D eigenvalue weighted by molar-refractivity contribution is 0.289. The number of unbranched alkanes of at least 4 members (excludes halogenated alkanes) is 4. The molecule has 0 fully saturated rings. The molecule has 0 N–H and O–H groups in total. The van der Waals surface area contributed by atoms with E-state index in [9.17, 15) is 0 Å². The number of hydrogen-bond donors (Lipinski definition) is 0. The van der Waals surface area contributed by atoms with Crippen LogP contribution in [0.3, 0.4) is 0 Å². The topological polar surface area (TPSA) is 15.6 Å². The fraction of sp³-hybridized carbons (Fsp3) is 0.947. The minimum atomic E-state index is 0.193. The third kappa shape index (κ3) is 19.5. The van der Waals surface area contributed by atoms with Gasteiger partial charge in [-0.3, -0.25) is 4.99 Å². The monoisotopic (exact) mass is 298 g/mol. The van der Waals surface area contributed by atoms with Crippen molar-refractivity contribution in [1.29, 1.82) is 0 Å². The van der Waals surface area contributed by atoms with E-state index < -0.39 is 0 Å². The van der Waals surface area contributed by atoms with E-state index in [1.165, 1.54) is 38.5 Å². The van der Waals surface area contributed by atoms with E-state index in [0.29, 0.717) is 5.41 Å². The van der Waals surface area contributed by atoms with Crippen molar-refractivity contribution in [2.24, 2.45) is 10.4 Å². The van der Waals surface area contributed by atoms with Gasteiger partial charge in [-0.2, -0.15) is 0 Å². The molecule has 2 heteroatoms. The van der Waals surface area contributed by atoms with Crippen molar-refractivity contribution in [2.75, 3.05) is 13.6 Å². The molecule has 0 bridgehead atoms. The van der Waals surface area contributed by atoms with Gasteiger partial charge >= 0.3 is 0 Å². The molecule has 21 heavy (non-hydrogen) atoms. The number of hydrogen-bond acceptors (Lipinski definition) is 1. The summed E-state index contributed by atoms with van der Waals surface area (Å²) < 4.78 is 0. The lowest BCUT2D eigenvalue weighted by atomic mass is 9.89. The van der Waals surface area contributed by atoms with Crippen molar-refractivity contribution in [3.8, 4) is 0 Å². The second-order valence-electron chi connectivity index (χ2n) is 8.12. The summed E-state index contributed by atoms with van der Waals surface area (Å²) in [6, 6.07) is 0. The Morgan fingerprint density at radius 3 is 1.76 bits per heavy atom. The molecule has 0 radical (unpaired) electrons. The third-order valence-electron chi connectivity index (χ3n) is 3.53. The Morgan fingerprint density at radius 2 is 1.38 bits per heavy atom. The first-order valence-corrected chi connectivity index (χ1v) is 8.77. The average molecular weight is 299 g/mol. The zero-order chi connectivity index (χ0) is 16.9. The maximum Gasteiger partial charge on any atom is 0.0851 e. The van der Waals surface area contributed by atoms with Crippen LogP contribution in [0.25, 0.3) is 0 Å². The Balaban J connectivity index is 0. The molecule has 0 aliphatic carbocycles. The van der Waals surface area contributed by atoms with E-state index in [4.69, 9.17) is 0 Å². The van der Waals surface area contributed by atoms with E-state index >= 15 is 0 Å². The Bertz CT molecular complexity index is 243. The predicted molar refractivity (Wildman–Crippen MR) is 99.4 cm³/mol. The SMILES string of the molecule is CCCCCCCC(C)(C)C.CCN=CN(C)C(C)(C)C. The zero-order valence-electron chi connectivity index (χ0n) is 16.4. The maximum absolute atomic E-state index is 4.14. The van der Waals surface area contributed by atoms with E-state index in [1.54, 1.807) is 0 Å². The van der Waals surface area contributed by atoms with E-state index in [1.807, 2.05) is 20.3 Å². The lowest BCUT2D eigenvalue weighted by Gasteiger charge is -2.29. The molecule has 2 nitrogen and oxygen atoms in total. The fourth-order valence-electron chi connectivity index (χ4n) is 1.64. The van der Waals surface area contributed by atoms with Crippen LogP contribution in [0.1, 0.15) is 93.9 Å². The van der Waals surface area contributed by atoms with Gasteiger partial charge < -0.3 is 4.90 Å². The Kier molecular flexibility index (Phi) is 13.1. The summed E-state index contributed by atoms with van der Waals surface area (Å²) in [5.74, 6) is 0. The van der Waals surface area contributed by atoms with Crippen LogP contribution in [-0.2, 0) is 0 Å². The van der Waals surface area contributed by atoms with Crippen molar-refractivity contribution in [2.45, 2.75) is 99.5 Å². The molecule has 0 aliphatic heterocycles. The third-order valence-corrected chi connectivity index (χ3v) is 3.53. The molecule has 0 heterocycles. The van der Waals surface area contributed by atoms with Gasteiger partial charge in [0.15, 0.2) is 0 Å². The molecule has 0 aromatic heterocycles. The number of rotatable bonds is 7. The van der Waals surface area contributed by atoms with Gasteiger partial charge in [0.25, 0.3) is 0 Å². The van der Waals surface area contributed by atoms with Crippen LogP contribution in [-0.4, -0.2) is 30.4 Å². The largest absolute Gasteiger partial charge is 0.361 e. The quantitative estimate of drug-likeness (QED) is 0.312. The first kappa shape index (κ1) is 22.7. The molecule has 0 aromatic rings. The van der Waals surface area contributed by atoms with E-state index in [0.717, 1.165) is 6.54 Å². The van der Waals surface area contributed by atoms with Gasteiger partial charge in [0.05, 0.1) is 6.34 Å². The number of nitrogens with zero attached hydrogens (tertiary/aromatic N) is 2. The molecule has 0 unspecified atom stereocenters. The van der Waals surface area contributed by atoms with Crippen LogP contribution in [0.2, 0.25) is 0 Å². The fourth-order valence-corrected chi connectivity index (χ4v) is 1.64. The van der Waals surface area contributed by atoms with Crippen molar-refractivity contribution in [3.05, 3.63) is 0 Å². The molecule has 0 amide bonds. The van der Waals surface area contributed by atoms with Crippen molar-refractivity contribution < 1.29 is 0 Å². The van der Waals surface area contributed by atoms with Gasteiger partial charge in [0.1, 0.15) is 0 Å². The maximum atomic E-state index is 4.14. The second kappa shape index (κ2) is 12.1. The van der Waals surface area contributed by atoms with Gasteiger partial charge in [-0.25, -0.2) is 0 Å². The molecule has 0 saturated carbocycles. The summed E-state index contributed by atoms with van der Waals surface area (Å²) in [7, 11) is 2.04. The van der Waals surface area contributed by atoms with Crippen LogP contribution >= 0.6 is 0 Å². The first-order valence-electron chi connectivity index (χ1n) is 8.77. The van der Waals surface area contributed by atoms with Gasteiger partial charge in [-0.15, -0.1) is 0 Å². The average Bonchev–Trinajstić information content (AvgIpc) is 2.34. The summed E-state index contributed by atoms with van der Waals surface area (Å²) in [6.45, 7) is 18.6. The molecule has 0 saturated heterocycles. The summed E-state index contributed by atoms with van der Waals surface area (Å²) in [6.07, 6.45) is 10.3. The van der Waals surface area contributed by atoms with Crippen LogP contribution < -0.4 is 0 Å². The standard InChI is InChI=1S/C11H24.C8H18N2/c1-5-6-7-8-9-10-11(2,3)4;1-6-9-7-10(5)8(2,3)4/h5-10H2,1-4H3;7H,6H2,1-5H3. The van der Waals surface area contributed by atoms with Crippen LogP contribution in [0.15, 0.2) is 4.99 Å². The molecular weight excluding hydrogens is 256 g/mol. The predicted octanol–water partition coefficient (Wildman–Crippen LogP) is 6.16. The first-order chi connectivity index (χ1) is 9.54. The molecule has 0 aliphatic rings. The summed E-state index contributed by atoms with van der Waals surface area (Å²) >= 11 is 0. The Labute approximate surface area is 135 Å². The normalized spacial score (nSPS) is 12.2. The van der Waals surface area contributed by atoms with Gasteiger partial charge in [-0.05, 0) is 39.5 Å². The highest BCUT2D eigenvalue weighted by atomic mass is 15.2. The minimum absolute atomic E-state index is 0.193. The second-order valence-corrected chi connectivity index (χ2v) is 8.12. The highest BCUT2D eigenvalue weighted by molar-refractivity contribution is 5.55. The summed E-state index contributed by atoms with van der Waals surface area (Å²) in [5, 5.41) is 0. The van der Waals surface area contributed by atoms with Gasteiger partial charge in [0.2, 0.25) is 0 Å². The van der Waals surface area contributed by atoms with Crippen LogP contribution in [0, 0.1) is 5.41 Å².